The molecular formula is C31H39N3O4S. The van der Waals surface area contributed by atoms with E-state index in [-0.39, 0.29) is 23.4 Å². The van der Waals surface area contributed by atoms with E-state index in [1.54, 1.807) is 37.3 Å². The number of aryl methyl sites for hydroxylation is 2. The van der Waals surface area contributed by atoms with Crippen LogP contribution >= 0.6 is 0 Å². The molecule has 0 fully saturated rings. The minimum absolute atomic E-state index is 0.0449. The zero-order chi connectivity index (χ0) is 28.6. The summed E-state index contributed by atoms with van der Waals surface area (Å²) in [5.74, 6) is -0.718. The van der Waals surface area contributed by atoms with Crippen LogP contribution in [0.3, 0.4) is 0 Å². The number of nitrogens with one attached hydrogen (secondary N) is 1. The smallest absolute Gasteiger partial charge is 0.264 e. The molecule has 3 rings (SSSR count). The lowest BCUT2D eigenvalue weighted by molar-refractivity contribution is -0.139. The minimum atomic E-state index is -4.06. The zero-order valence-corrected chi connectivity index (χ0v) is 24.2. The summed E-state index contributed by atoms with van der Waals surface area (Å²) < 4.78 is 28.8. The van der Waals surface area contributed by atoms with Gasteiger partial charge < -0.3 is 10.2 Å². The average Bonchev–Trinajstić information content (AvgIpc) is 2.94. The monoisotopic (exact) mass is 549 g/mol. The van der Waals surface area contributed by atoms with Crippen molar-refractivity contribution in [2.24, 2.45) is 0 Å². The van der Waals surface area contributed by atoms with Crippen molar-refractivity contribution in [3.05, 3.63) is 95.6 Å². The van der Waals surface area contributed by atoms with Gasteiger partial charge in [-0.05, 0) is 81.5 Å². The third kappa shape index (κ3) is 7.69. The maximum absolute atomic E-state index is 13.9. The summed E-state index contributed by atoms with van der Waals surface area (Å²) in [6.45, 7) is 9.26. The molecule has 39 heavy (non-hydrogen) atoms. The molecule has 8 heteroatoms. The lowest BCUT2D eigenvalue weighted by Crippen LogP contribution is -2.53. The largest absolute Gasteiger partial charge is 0.352 e. The Kier molecular flexibility index (Phi) is 10.3. The molecule has 0 aliphatic rings. The first-order chi connectivity index (χ1) is 18.5. The SMILES string of the molecule is CCC(C)NC(=O)C(C)N(CCc1ccccc1)C(=O)CN(c1ccc(C)c(C)c1)S(=O)(=O)c1ccccc1. The van der Waals surface area contributed by atoms with Crippen molar-refractivity contribution in [3.8, 4) is 0 Å². The van der Waals surface area contributed by atoms with Gasteiger partial charge in [0.1, 0.15) is 12.6 Å². The van der Waals surface area contributed by atoms with Crippen LogP contribution in [0.4, 0.5) is 5.69 Å². The van der Waals surface area contributed by atoms with E-state index in [4.69, 9.17) is 0 Å². The third-order valence-corrected chi connectivity index (χ3v) is 8.83. The summed E-state index contributed by atoms with van der Waals surface area (Å²) in [7, 11) is -4.06. The Bertz CT molecular complexity index is 1360. The van der Waals surface area contributed by atoms with Crippen LogP contribution in [-0.4, -0.2) is 50.3 Å². The summed E-state index contributed by atoms with van der Waals surface area (Å²) in [5, 5.41) is 2.95. The van der Waals surface area contributed by atoms with Gasteiger partial charge in [0.2, 0.25) is 11.8 Å². The second kappa shape index (κ2) is 13.4. The van der Waals surface area contributed by atoms with E-state index in [0.29, 0.717) is 12.1 Å². The molecule has 0 saturated heterocycles. The molecular weight excluding hydrogens is 510 g/mol. The van der Waals surface area contributed by atoms with E-state index >= 15 is 0 Å². The van der Waals surface area contributed by atoms with E-state index in [0.717, 1.165) is 27.4 Å². The number of nitrogens with zero attached hydrogens (tertiary/aromatic N) is 2. The fourth-order valence-corrected chi connectivity index (χ4v) is 5.59. The van der Waals surface area contributed by atoms with Crippen molar-refractivity contribution in [3.63, 3.8) is 0 Å². The van der Waals surface area contributed by atoms with Crippen molar-refractivity contribution < 1.29 is 18.0 Å². The molecule has 3 aromatic carbocycles. The van der Waals surface area contributed by atoms with E-state index in [1.807, 2.05) is 64.1 Å². The standard InChI is InChI=1S/C31H39N3O4S/c1-6-25(4)32-31(36)26(5)33(20-19-27-13-9-7-10-14-27)30(35)22-34(28-18-17-23(2)24(3)21-28)39(37,38)29-15-11-8-12-16-29/h7-18,21,25-26H,6,19-20,22H2,1-5H3,(H,32,36). The molecule has 2 unspecified atom stereocenters. The van der Waals surface area contributed by atoms with Gasteiger partial charge in [-0.2, -0.15) is 0 Å². The molecule has 208 valence electrons. The lowest BCUT2D eigenvalue weighted by atomic mass is 10.1. The highest BCUT2D eigenvalue weighted by atomic mass is 32.2. The van der Waals surface area contributed by atoms with Crippen LogP contribution in [-0.2, 0) is 26.0 Å². The Morgan fingerprint density at radius 1 is 0.872 bits per heavy atom. The second-order valence-electron chi connectivity index (χ2n) is 9.91. The number of hydrogen-bond acceptors (Lipinski definition) is 4. The maximum Gasteiger partial charge on any atom is 0.264 e. The first-order valence-corrected chi connectivity index (χ1v) is 14.8. The normalized spacial score (nSPS) is 12.8. The average molecular weight is 550 g/mol. The van der Waals surface area contributed by atoms with Crippen LogP contribution in [0.25, 0.3) is 0 Å². The van der Waals surface area contributed by atoms with Crippen molar-refractivity contribution in [1.29, 1.82) is 0 Å². The van der Waals surface area contributed by atoms with Gasteiger partial charge in [0.25, 0.3) is 10.0 Å². The highest BCUT2D eigenvalue weighted by Gasteiger charge is 2.32. The molecule has 0 heterocycles. The number of anilines is 1. The predicted molar refractivity (Wildman–Crippen MR) is 156 cm³/mol. The van der Waals surface area contributed by atoms with Crippen LogP contribution in [0, 0.1) is 13.8 Å². The molecule has 0 bridgehead atoms. The van der Waals surface area contributed by atoms with E-state index < -0.39 is 28.5 Å². The first kappa shape index (κ1) is 29.9. The van der Waals surface area contributed by atoms with Gasteiger partial charge in [-0.25, -0.2) is 8.42 Å². The fourth-order valence-electron chi connectivity index (χ4n) is 4.16. The summed E-state index contributed by atoms with van der Waals surface area (Å²) in [6, 6.07) is 22.3. The Morgan fingerprint density at radius 3 is 2.08 bits per heavy atom. The topological polar surface area (TPSA) is 86.8 Å². The number of carbonyl (C=O) groups excluding carboxylic acids is 2. The predicted octanol–water partition coefficient (Wildman–Crippen LogP) is 4.87. The number of sulfonamides is 1. The highest BCUT2D eigenvalue weighted by molar-refractivity contribution is 7.92. The van der Waals surface area contributed by atoms with Crippen LogP contribution in [0.1, 0.15) is 43.9 Å². The number of benzene rings is 3. The van der Waals surface area contributed by atoms with Crippen molar-refractivity contribution >= 4 is 27.5 Å². The molecule has 2 amide bonds. The molecule has 0 saturated carbocycles. The molecule has 0 radical (unpaired) electrons. The summed E-state index contributed by atoms with van der Waals surface area (Å²) in [6.07, 6.45) is 1.29. The number of amides is 2. The van der Waals surface area contributed by atoms with Gasteiger partial charge >= 0.3 is 0 Å². The Morgan fingerprint density at radius 2 is 1.49 bits per heavy atom. The minimum Gasteiger partial charge on any atom is -0.352 e. The Balaban J connectivity index is 1.98. The number of hydrogen-bond donors (Lipinski definition) is 1. The van der Waals surface area contributed by atoms with Gasteiger partial charge in [-0.3, -0.25) is 13.9 Å². The van der Waals surface area contributed by atoms with E-state index in [9.17, 15) is 18.0 Å². The molecule has 1 N–H and O–H groups in total. The lowest BCUT2D eigenvalue weighted by Gasteiger charge is -2.32. The van der Waals surface area contributed by atoms with Crippen molar-refractivity contribution in [2.45, 2.75) is 64.4 Å². The molecule has 7 nitrogen and oxygen atoms in total. The van der Waals surface area contributed by atoms with Gasteiger partial charge in [0, 0.05) is 12.6 Å². The first-order valence-electron chi connectivity index (χ1n) is 13.3. The quantitative estimate of drug-likeness (QED) is 0.349. The third-order valence-electron chi connectivity index (χ3n) is 7.04. The van der Waals surface area contributed by atoms with Crippen molar-refractivity contribution in [2.75, 3.05) is 17.4 Å². The van der Waals surface area contributed by atoms with Gasteiger partial charge in [0.15, 0.2) is 0 Å². The maximum atomic E-state index is 13.9. The summed E-state index contributed by atoms with van der Waals surface area (Å²) >= 11 is 0. The van der Waals surface area contributed by atoms with E-state index in [1.165, 1.54) is 17.0 Å². The highest BCUT2D eigenvalue weighted by Crippen LogP contribution is 2.26. The summed E-state index contributed by atoms with van der Waals surface area (Å²) in [4.78, 5) is 28.6. The molecule has 0 aliphatic heterocycles. The number of rotatable bonds is 12. The van der Waals surface area contributed by atoms with Gasteiger partial charge in [-0.1, -0.05) is 61.5 Å². The van der Waals surface area contributed by atoms with Crippen LogP contribution in [0.15, 0.2) is 83.8 Å². The number of carbonyl (C=O) groups is 2. The second-order valence-corrected chi connectivity index (χ2v) is 11.8. The molecule has 0 aromatic heterocycles. The van der Waals surface area contributed by atoms with Gasteiger partial charge in [0.05, 0.1) is 10.6 Å². The molecule has 3 aromatic rings. The van der Waals surface area contributed by atoms with Crippen molar-refractivity contribution in [1.82, 2.24) is 10.2 Å². The fraction of sp³-hybridized carbons (Fsp3) is 0.355. The van der Waals surface area contributed by atoms with Gasteiger partial charge in [-0.15, -0.1) is 0 Å². The Hall–Kier alpha value is -3.65. The van der Waals surface area contributed by atoms with Crippen LogP contribution < -0.4 is 9.62 Å². The van der Waals surface area contributed by atoms with E-state index in [2.05, 4.69) is 5.32 Å². The van der Waals surface area contributed by atoms with Crippen LogP contribution in [0.5, 0.6) is 0 Å². The molecule has 2 atom stereocenters. The Labute approximate surface area is 232 Å². The molecule has 0 spiro atoms. The molecule has 0 aliphatic carbocycles. The van der Waals surface area contributed by atoms with Crippen LogP contribution in [0.2, 0.25) is 0 Å². The summed E-state index contributed by atoms with van der Waals surface area (Å²) in [5.41, 5.74) is 3.35. The zero-order valence-electron chi connectivity index (χ0n) is 23.4.